The molecule has 1 aromatic heterocycles. The molecule has 2 aromatic rings. The molecule has 0 N–H and O–H groups in total. The topological polar surface area (TPSA) is 63.9 Å². The fourth-order valence-corrected chi connectivity index (χ4v) is 3.77. The maximum atomic E-state index is 12.8. The number of carbonyl (C=O) groups is 1. The molecule has 128 valence electrons. The Hall–Kier alpha value is -1.89. The van der Waals surface area contributed by atoms with Gasteiger partial charge in [0.15, 0.2) is 0 Å². The Morgan fingerprint density at radius 3 is 2.75 bits per heavy atom. The number of aromatic nitrogens is 4. The SMILES string of the molecule is CC(C)Cn1nnnc1SC(C)C(=O)N1CCc2ccccc2C1. The molecule has 0 fully saturated rings. The van der Waals surface area contributed by atoms with Gasteiger partial charge in [-0.15, -0.1) is 5.10 Å². The van der Waals surface area contributed by atoms with Gasteiger partial charge in [0.2, 0.25) is 11.1 Å². The van der Waals surface area contributed by atoms with Crippen molar-refractivity contribution in [2.75, 3.05) is 6.54 Å². The third kappa shape index (κ3) is 3.77. The molecule has 0 radical (unpaired) electrons. The van der Waals surface area contributed by atoms with Gasteiger partial charge in [0.1, 0.15) is 0 Å². The number of hydrogen-bond donors (Lipinski definition) is 0. The van der Waals surface area contributed by atoms with Crippen molar-refractivity contribution in [1.29, 1.82) is 0 Å². The third-order valence-corrected chi connectivity index (χ3v) is 5.17. The molecule has 2 heterocycles. The number of amides is 1. The summed E-state index contributed by atoms with van der Waals surface area (Å²) < 4.78 is 1.78. The van der Waals surface area contributed by atoms with Crippen LogP contribution >= 0.6 is 11.8 Å². The second kappa shape index (κ2) is 7.34. The molecule has 0 spiro atoms. The quantitative estimate of drug-likeness (QED) is 0.779. The van der Waals surface area contributed by atoms with Crippen molar-refractivity contribution in [3.05, 3.63) is 35.4 Å². The van der Waals surface area contributed by atoms with Crippen LogP contribution in [0.15, 0.2) is 29.4 Å². The Kier molecular flexibility index (Phi) is 5.18. The van der Waals surface area contributed by atoms with Gasteiger partial charge in [0.05, 0.1) is 5.25 Å². The van der Waals surface area contributed by atoms with Gasteiger partial charge in [-0.3, -0.25) is 4.79 Å². The Morgan fingerprint density at radius 2 is 2.00 bits per heavy atom. The highest BCUT2D eigenvalue weighted by Gasteiger charge is 2.26. The lowest BCUT2D eigenvalue weighted by atomic mass is 10.00. The number of tetrazole rings is 1. The van der Waals surface area contributed by atoms with Crippen molar-refractivity contribution in [1.82, 2.24) is 25.1 Å². The maximum absolute atomic E-state index is 12.8. The number of hydrogen-bond acceptors (Lipinski definition) is 5. The van der Waals surface area contributed by atoms with E-state index in [9.17, 15) is 4.79 Å². The molecular weight excluding hydrogens is 322 g/mol. The van der Waals surface area contributed by atoms with E-state index in [1.54, 1.807) is 4.68 Å². The molecule has 6 nitrogen and oxygen atoms in total. The largest absolute Gasteiger partial charge is 0.337 e. The first-order valence-corrected chi connectivity index (χ1v) is 9.21. The van der Waals surface area contributed by atoms with E-state index in [4.69, 9.17) is 0 Å². The van der Waals surface area contributed by atoms with Crippen molar-refractivity contribution in [3.63, 3.8) is 0 Å². The monoisotopic (exact) mass is 345 g/mol. The Bertz CT molecular complexity index is 715. The van der Waals surface area contributed by atoms with E-state index in [0.717, 1.165) is 19.5 Å². The van der Waals surface area contributed by atoms with Gasteiger partial charge in [0, 0.05) is 19.6 Å². The zero-order valence-corrected chi connectivity index (χ0v) is 15.2. The lowest BCUT2D eigenvalue weighted by molar-refractivity contribution is -0.131. The van der Waals surface area contributed by atoms with E-state index in [-0.39, 0.29) is 11.2 Å². The molecule has 24 heavy (non-hydrogen) atoms. The highest BCUT2D eigenvalue weighted by Crippen LogP contribution is 2.25. The van der Waals surface area contributed by atoms with Crippen LogP contribution in [0.5, 0.6) is 0 Å². The highest BCUT2D eigenvalue weighted by molar-refractivity contribution is 8.00. The summed E-state index contributed by atoms with van der Waals surface area (Å²) >= 11 is 1.44. The number of thioether (sulfide) groups is 1. The van der Waals surface area contributed by atoms with E-state index in [2.05, 4.69) is 47.6 Å². The standard InChI is InChI=1S/C17H23N5OS/c1-12(2)10-22-17(18-19-20-22)24-13(3)16(23)21-9-8-14-6-4-5-7-15(14)11-21/h4-7,12-13H,8-11H2,1-3H3. The van der Waals surface area contributed by atoms with Gasteiger partial charge in [0.25, 0.3) is 0 Å². The van der Waals surface area contributed by atoms with Crippen molar-refractivity contribution >= 4 is 17.7 Å². The van der Waals surface area contributed by atoms with Gasteiger partial charge < -0.3 is 4.90 Å². The van der Waals surface area contributed by atoms with E-state index in [1.165, 1.54) is 22.9 Å². The average molecular weight is 345 g/mol. The first kappa shape index (κ1) is 17.0. The predicted molar refractivity (Wildman–Crippen MR) is 93.5 cm³/mol. The van der Waals surface area contributed by atoms with E-state index in [0.29, 0.717) is 17.6 Å². The van der Waals surface area contributed by atoms with Crippen LogP contribution < -0.4 is 0 Å². The van der Waals surface area contributed by atoms with Gasteiger partial charge in [-0.2, -0.15) is 0 Å². The molecule has 0 bridgehead atoms. The molecule has 1 amide bonds. The molecule has 1 unspecified atom stereocenters. The fourth-order valence-electron chi connectivity index (χ4n) is 2.89. The van der Waals surface area contributed by atoms with Gasteiger partial charge in [-0.1, -0.05) is 49.9 Å². The van der Waals surface area contributed by atoms with E-state index >= 15 is 0 Å². The Morgan fingerprint density at radius 1 is 1.25 bits per heavy atom. The van der Waals surface area contributed by atoms with Gasteiger partial charge >= 0.3 is 0 Å². The third-order valence-electron chi connectivity index (χ3n) is 4.11. The second-order valence-corrected chi connectivity index (χ2v) is 7.88. The minimum absolute atomic E-state index is 0.147. The van der Waals surface area contributed by atoms with E-state index in [1.807, 2.05) is 17.9 Å². The number of benzene rings is 1. The summed E-state index contributed by atoms with van der Waals surface area (Å²) in [4.78, 5) is 14.7. The van der Waals surface area contributed by atoms with Crippen LogP contribution in [0.2, 0.25) is 0 Å². The normalized spacial score (nSPS) is 15.4. The first-order valence-electron chi connectivity index (χ1n) is 8.33. The number of carbonyl (C=O) groups excluding carboxylic acids is 1. The van der Waals surface area contributed by atoms with Crippen LogP contribution in [0, 0.1) is 5.92 Å². The highest BCUT2D eigenvalue weighted by atomic mass is 32.2. The zero-order chi connectivity index (χ0) is 17.1. The Balaban J connectivity index is 1.65. The number of nitrogens with zero attached hydrogens (tertiary/aromatic N) is 5. The molecule has 7 heteroatoms. The van der Waals surface area contributed by atoms with Crippen molar-refractivity contribution < 1.29 is 4.79 Å². The minimum Gasteiger partial charge on any atom is -0.337 e. The second-order valence-electron chi connectivity index (χ2n) is 6.58. The van der Waals surface area contributed by atoms with Crippen molar-refractivity contribution in [3.8, 4) is 0 Å². The van der Waals surface area contributed by atoms with Gasteiger partial charge in [-0.25, -0.2) is 4.68 Å². The summed E-state index contributed by atoms with van der Waals surface area (Å²) in [5, 5.41) is 12.3. The summed E-state index contributed by atoms with van der Waals surface area (Å²) in [5.41, 5.74) is 2.60. The lowest BCUT2D eigenvalue weighted by Gasteiger charge is -2.30. The molecule has 1 aromatic carbocycles. The van der Waals surface area contributed by atoms with Crippen LogP contribution in [0.25, 0.3) is 0 Å². The molecule has 0 saturated heterocycles. The smallest absolute Gasteiger partial charge is 0.236 e. The number of rotatable bonds is 5. The zero-order valence-electron chi connectivity index (χ0n) is 14.3. The molecular formula is C17H23N5OS. The van der Waals surface area contributed by atoms with Crippen LogP contribution in [-0.4, -0.2) is 42.8 Å². The van der Waals surface area contributed by atoms with Crippen molar-refractivity contribution in [2.45, 2.75) is 50.7 Å². The molecule has 0 saturated carbocycles. The van der Waals surface area contributed by atoms with E-state index < -0.39 is 0 Å². The summed E-state index contributed by atoms with van der Waals surface area (Å²) in [6.07, 6.45) is 0.921. The Labute approximate surface area is 146 Å². The lowest BCUT2D eigenvalue weighted by Crippen LogP contribution is -2.40. The molecule has 1 aliphatic heterocycles. The van der Waals surface area contributed by atoms with Crippen LogP contribution in [0.4, 0.5) is 0 Å². The van der Waals surface area contributed by atoms with Crippen LogP contribution in [-0.2, 0) is 24.3 Å². The summed E-state index contributed by atoms with van der Waals surface area (Å²) in [7, 11) is 0. The summed E-state index contributed by atoms with van der Waals surface area (Å²) in [6.45, 7) is 8.40. The minimum atomic E-state index is -0.202. The van der Waals surface area contributed by atoms with Gasteiger partial charge in [-0.05, 0) is 40.8 Å². The first-order chi connectivity index (χ1) is 11.5. The molecule has 0 aliphatic carbocycles. The van der Waals surface area contributed by atoms with Crippen molar-refractivity contribution in [2.24, 2.45) is 5.92 Å². The average Bonchev–Trinajstić information content (AvgIpc) is 2.99. The number of fused-ring (bicyclic) bond motifs is 1. The maximum Gasteiger partial charge on any atom is 0.236 e. The predicted octanol–water partition coefficient (Wildman–Crippen LogP) is 2.39. The van der Waals surface area contributed by atoms with Crippen LogP contribution in [0.3, 0.4) is 0 Å². The molecule has 1 aliphatic rings. The fraction of sp³-hybridized carbons (Fsp3) is 0.529. The molecule has 3 rings (SSSR count). The summed E-state index contributed by atoms with van der Waals surface area (Å²) in [6, 6.07) is 8.35. The molecule has 1 atom stereocenters. The van der Waals surface area contributed by atoms with Crippen LogP contribution in [0.1, 0.15) is 31.9 Å². The summed E-state index contributed by atoms with van der Waals surface area (Å²) in [5.74, 6) is 0.603.